The minimum atomic E-state index is -3.20. The summed E-state index contributed by atoms with van der Waals surface area (Å²) in [4.78, 5) is 16.9. The number of hydrogen-bond acceptors (Lipinski definition) is 6. The Labute approximate surface area is 164 Å². The Balaban J connectivity index is 1.70. The van der Waals surface area contributed by atoms with Gasteiger partial charge in [0.1, 0.15) is 5.15 Å². The molecule has 2 aliphatic heterocycles. The van der Waals surface area contributed by atoms with Crippen LogP contribution in [0.1, 0.15) is 25.5 Å². The number of carbonyl (C=O) groups is 1. The maximum Gasteiger partial charge on any atom is 0.407 e. The summed E-state index contributed by atoms with van der Waals surface area (Å²) in [5.41, 5.74) is 0.667. The largest absolute Gasteiger partial charge is 0.438 e. The van der Waals surface area contributed by atoms with Crippen LogP contribution >= 0.6 is 11.6 Å². The van der Waals surface area contributed by atoms with Gasteiger partial charge in [0.05, 0.1) is 24.0 Å². The number of alkyl carbamates (subject to hydrolysis) is 1. The van der Waals surface area contributed by atoms with Crippen molar-refractivity contribution in [2.45, 2.75) is 37.5 Å². The quantitative estimate of drug-likeness (QED) is 0.776. The van der Waals surface area contributed by atoms with Crippen LogP contribution in [-0.2, 0) is 9.47 Å². The highest BCUT2D eigenvalue weighted by Gasteiger charge is 2.51. The number of halogens is 3. The van der Waals surface area contributed by atoms with Crippen molar-refractivity contribution in [3.63, 3.8) is 0 Å². The number of pyridine rings is 1. The first-order chi connectivity index (χ1) is 13.4. The molecule has 0 spiro atoms. The van der Waals surface area contributed by atoms with Gasteiger partial charge >= 0.3 is 12.0 Å². The van der Waals surface area contributed by atoms with Crippen LogP contribution in [0.4, 0.5) is 19.4 Å². The fraction of sp³-hybridized carbons (Fsp3) is 0.588. The zero-order valence-electron chi connectivity index (χ0n) is 15.2. The van der Waals surface area contributed by atoms with E-state index in [-0.39, 0.29) is 17.9 Å². The molecule has 11 heteroatoms. The second-order valence-electron chi connectivity index (χ2n) is 6.90. The minimum absolute atomic E-state index is 0.180. The molecule has 152 valence electrons. The molecule has 28 heavy (non-hydrogen) atoms. The van der Waals surface area contributed by atoms with E-state index in [0.717, 1.165) is 19.3 Å². The zero-order chi connectivity index (χ0) is 19.9. The summed E-state index contributed by atoms with van der Waals surface area (Å²) < 4.78 is 41.2. The lowest BCUT2D eigenvalue weighted by Crippen LogP contribution is -2.38. The molecule has 0 bridgehead atoms. The maximum absolute atomic E-state index is 14.4. The molecule has 8 nitrogen and oxygen atoms in total. The van der Waals surface area contributed by atoms with Crippen LogP contribution in [-0.4, -0.2) is 59.6 Å². The third-order valence-electron chi connectivity index (χ3n) is 4.98. The highest BCUT2D eigenvalue weighted by atomic mass is 35.5. The average Bonchev–Trinajstić information content (AvgIpc) is 3.19. The van der Waals surface area contributed by atoms with Crippen LogP contribution in [0.5, 0.6) is 0 Å². The van der Waals surface area contributed by atoms with Gasteiger partial charge in [-0.05, 0) is 19.3 Å². The van der Waals surface area contributed by atoms with E-state index in [1.807, 2.05) is 0 Å². The molecule has 0 aromatic carbocycles. The lowest BCUT2D eigenvalue weighted by molar-refractivity contribution is -0.0759. The molecule has 1 amide bonds. The van der Waals surface area contributed by atoms with Gasteiger partial charge in [-0.25, -0.2) is 23.2 Å². The Morgan fingerprint density at radius 1 is 1.46 bits per heavy atom. The molecule has 2 fully saturated rings. The van der Waals surface area contributed by atoms with Crippen LogP contribution in [0, 0.1) is 0 Å². The summed E-state index contributed by atoms with van der Waals surface area (Å²) in [6, 6.07) is 1.65. The highest BCUT2D eigenvalue weighted by molar-refractivity contribution is 6.30. The van der Waals surface area contributed by atoms with E-state index in [1.54, 1.807) is 10.7 Å². The van der Waals surface area contributed by atoms with Crippen molar-refractivity contribution in [2.24, 2.45) is 0 Å². The van der Waals surface area contributed by atoms with E-state index in [4.69, 9.17) is 21.1 Å². The van der Waals surface area contributed by atoms with Crippen molar-refractivity contribution < 1.29 is 23.0 Å². The fourth-order valence-electron chi connectivity index (χ4n) is 3.59. The highest BCUT2D eigenvalue weighted by Crippen LogP contribution is 2.38. The number of nitrogens with one attached hydrogen (secondary N) is 1. The smallest absolute Gasteiger partial charge is 0.407 e. The topological polar surface area (TPSA) is 81.5 Å². The van der Waals surface area contributed by atoms with E-state index in [0.29, 0.717) is 23.3 Å². The molecule has 2 atom stereocenters. The summed E-state index contributed by atoms with van der Waals surface area (Å²) in [5, 5.41) is 7.63. The number of alkyl halides is 2. The third kappa shape index (κ3) is 3.46. The van der Waals surface area contributed by atoms with Crippen molar-refractivity contribution in [3.05, 3.63) is 17.4 Å². The number of amides is 1. The van der Waals surface area contributed by atoms with Gasteiger partial charge in [-0.3, -0.25) is 0 Å². The van der Waals surface area contributed by atoms with Crippen LogP contribution < -0.4 is 10.2 Å². The standard InChI is InChI=1S/C17H20ClF2N5O3/c1-21-16(26)28-12-8-24(9-17(12,19)20)15-10-7-22-13(18)6-11(10)25(23-15)14-4-2-3-5-27-14/h6-7,12,14H,2-5,8-9H2,1H3,(H,21,26). The predicted molar refractivity (Wildman–Crippen MR) is 97.9 cm³/mol. The molecule has 2 aliphatic rings. The monoisotopic (exact) mass is 415 g/mol. The second kappa shape index (κ2) is 7.32. The lowest BCUT2D eigenvalue weighted by atomic mass is 10.2. The number of anilines is 1. The number of ether oxygens (including phenoxy) is 2. The summed E-state index contributed by atoms with van der Waals surface area (Å²) in [7, 11) is 1.32. The third-order valence-corrected chi connectivity index (χ3v) is 5.19. The molecular formula is C17H20ClF2N5O3. The molecule has 2 saturated heterocycles. The van der Waals surface area contributed by atoms with Gasteiger partial charge in [0.25, 0.3) is 0 Å². The maximum atomic E-state index is 14.4. The molecule has 2 aromatic heterocycles. The average molecular weight is 416 g/mol. The van der Waals surface area contributed by atoms with Gasteiger partial charge in [0.15, 0.2) is 18.1 Å². The summed E-state index contributed by atoms with van der Waals surface area (Å²) >= 11 is 6.05. The van der Waals surface area contributed by atoms with Gasteiger partial charge in [0, 0.05) is 25.9 Å². The van der Waals surface area contributed by atoms with E-state index in [9.17, 15) is 13.6 Å². The van der Waals surface area contributed by atoms with Crippen molar-refractivity contribution >= 4 is 34.4 Å². The van der Waals surface area contributed by atoms with E-state index in [2.05, 4.69) is 15.4 Å². The Bertz CT molecular complexity index is 887. The summed E-state index contributed by atoms with van der Waals surface area (Å²) in [5.74, 6) is -2.86. The Morgan fingerprint density at radius 3 is 3.00 bits per heavy atom. The molecule has 4 heterocycles. The molecular weight excluding hydrogens is 396 g/mol. The summed E-state index contributed by atoms with van der Waals surface area (Å²) in [6.45, 7) is -0.181. The zero-order valence-corrected chi connectivity index (χ0v) is 16.0. The van der Waals surface area contributed by atoms with Gasteiger partial charge in [-0.1, -0.05) is 11.6 Å². The van der Waals surface area contributed by atoms with Crippen LogP contribution in [0.3, 0.4) is 0 Å². The first kappa shape index (κ1) is 19.1. The number of aromatic nitrogens is 3. The van der Waals surface area contributed by atoms with Crippen molar-refractivity contribution in [1.82, 2.24) is 20.1 Å². The molecule has 1 N–H and O–H groups in total. The van der Waals surface area contributed by atoms with Crippen molar-refractivity contribution in [2.75, 3.05) is 31.6 Å². The van der Waals surface area contributed by atoms with Crippen molar-refractivity contribution in [3.8, 4) is 0 Å². The molecule has 4 rings (SSSR count). The van der Waals surface area contributed by atoms with E-state index >= 15 is 0 Å². The summed E-state index contributed by atoms with van der Waals surface area (Å²) in [6.07, 6.45) is 1.50. The normalized spacial score (nSPS) is 24.5. The van der Waals surface area contributed by atoms with Gasteiger partial charge < -0.3 is 19.7 Å². The molecule has 2 aromatic rings. The molecule has 0 radical (unpaired) electrons. The Hall–Kier alpha value is -2.20. The van der Waals surface area contributed by atoms with Gasteiger partial charge in [-0.15, -0.1) is 0 Å². The van der Waals surface area contributed by atoms with Crippen LogP contribution in [0.2, 0.25) is 5.15 Å². The number of hydrogen-bond donors (Lipinski definition) is 1. The number of nitrogens with zero attached hydrogens (tertiary/aromatic N) is 4. The Morgan fingerprint density at radius 2 is 2.29 bits per heavy atom. The predicted octanol–water partition coefficient (Wildman–Crippen LogP) is 2.96. The second-order valence-corrected chi connectivity index (χ2v) is 7.29. The van der Waals surface area contributed by atoms with Gasteiger partial charge in [0.2, 0.25) is 0 Å². The van der Waals surface area contributed by atoms with Crippen molar-refractivity contribution in [1.29, 1.82) is 0 Å². The molecule has 0 aliphatic carbocycles. The molecule has 0 saturated carbocycles. The van der Waals surface area contributed by atoms with Crippen LogP contribution in [0.25, 0.3) is 10.9 Å². The fourth-order valence-corrected chi connectivity index (χ4v) is 3.74. The van der Waals surface area contributed by atoms with E-state index < -0.39 is 24.7 Å². The number of fused-ring (bicyclic) bond motifs is 1. The van der Waals surface area contributed by atoms with Crippen LogP contribution in [0.15, 0.2) is 12.3 Å². The number of rotatable bonds is 3. The first-order valence-electron chi connectivity index (χ1n) is 9.05. The minimum Gasteiger partial charge on any atom is -0.438 e. The van der Waals surface area contributed by atoms with E-state index in [1.165, 1.54) is 18.1 Å². The SMILES string of the molecule is CNC(=O)OC1CN(c2nn(C3CCCCO3)c3cc(Cl)ncc23)CC1(F)F. The number of carbonyl (C=O) groups excluding carboxylic acids is 1. The Kier molecular flexibility index (Phi) is 5.00. The lowest BCUT2D eigenvalue weighted by Gasteiger charge is -2.23. The van der Waals surface area contributed by atoms with Gasteiger partial charge in [-0.2, -0.15) is 5.10 Å². The molecule has 2 unspecified atom stereocenters. The first-order valence-corrected chi connectivity index (χ1v) is 9.43.